The van der Waals surface area contributed by atoms with Crippen molar-refractivity contribution >= 4 is 0 Å². The van der Waals surface area contributed by atoms with Gasteiger partial charge >= 0.3 is 0 Å². The Bertz CT molecular complexity index is 493. The number of ether oxygens (including phenoxy) is 1. The van der Waals surface area contributed by atoms with Crippen molar-refractivity contribution in [3.63, 3.8) is 0 Å². The number of nitrogens with zero attached hydrogens (tertiary/aromatic N) is 2. The van der Waals surface area contributed by atoms with E-state index in [0.29, 0.717) is 6.04 Å². The van der Waals surface area contributed by atoms with E-state index in [2.05, 4.69) is 21.3 Å². The predicted molar refractivity (Wildman–Crippen MR) is 82.5 cm³/mol. The van der Waals surface area contributed by atoms with E-state index in [0.717, 1.165) is 43.5 Å². The summed E-state index contributed by atoms with van der Waals surface area (Å²) >= 11 is 0. The smallest absolute Gasteiger partial charge is 0.140 e. The van der Waals surface area contributed by atoms with Crippen molar-refractivity contribution in [3.05, 3.63) is 23.5 Å². The summed E-state index contributed by atoms with van der Waals surface area (Å²) in [5, 5.41) is 3.69. The summed E-state index contributed by atoms with van der Waals surface area (Å²) in [5.74, 6) is 0.989. The Morgan fingerprint density at radius 3 is 2.90 bits per heavy atom. The molecular formula is C17H25N3O. The average Bonchev–Trinajstić information content (AvgIpc) is 3.38. The molecule has 1 saturated heterocycles. The highest BCUT2D eigenvalue weighted by Crippen LogP contribution is 2.29. The van der Waals surface area contributed by atoms with Crippen LogP contribution in [-0.4, -0.2) is 41.7 Å². The van der Waals surface area contributed by atoms with Crippen LogP contribution in [0.25, 0.3) is 0 Å². The molecule has 4 heteroatoms. The van der Waals surface area contributed by atoms with E-state index in [9.17, 15) is 0 Å². The highest BCUT2D eigenvalue weighted by molar-refractivity contribution is 5.34. The monoisotopic (exact) mass is 287 g/mol. The highest BCUT2D eigenvalue weighted by atomic mass is 16.5. The molecule has 4 nitrogen and oxygen atoms in total. The molecule has 1 N–H and O–H groups in total. The number of fused-ring (bicyclic) bond motifs is 1. The van der Waals surface area contributed by atoms with Gasteiger partial charge < -0.3 is 15.0 Å². The minimum absolute atomic E-state index is 0.661. The molecule has 0 unspecified atom stereocenters. The standard InChI is InChI=1S/C17H25N3O/c1-2-13-10-15(19-12-17(13)21-9-1)11-18-14-5-7-20(8-6-14)16-3-4-16/h10,12,14,16,18H,1-9,11H2. The van der Waals surface area contributed by atoms with Crippen LogP contribution in [0.3, 0.4) is 0 Å². The van der Waals surface area contributed by atoms with Crippen LogP contribution in [0.4, 0.5) is 0 Å². The van der Waals surface area contributed by atoms with Crippen molar-refractivity contribution in [1.82, 2.24) is 15.2 Å². The van der Waals surface area contributed by atoms with E-state index in [4.69, 9.17) is 4.74 Å². The lowest BCUT2D eigenvalue weighted by molar-refractivity contribution is 0.189. The molecule has 4 rings (SSSR count). The van der Waals surface area contributed by atoms with Crippen LogP contribution in [0.5, 0.6) is 5.75 Å². The number of aryl methyl sites for hydroxylation is 1. The summed E-state index contributed by atoms with van der Waals surface area (Å²) in [6.07, 6.45) is 9.59. The molecule has 0 bridgehead atoms. The molecule has 21 heavy (non-hydrogen) atoms. The topological polar surface area (TPSA) is 37.4 Å². The molecule has 114 valence electrons. The molecule has 2 aliphatic heterocycles. The van der Waals surface area contributed by atoms with E-state index in [-0.39, 0.29) is 0 Å². The van der Waals surface area contributed by atoms with Crippen LogP contribution in [0, 0.1) is 0 Å². The zero-order chi connectivity index (χ0) is 14.1. The first-order valence-electron chi connectivity index (χ1n) is 8.46. The van der Waals surface area contributed by atoms with Gasteiger partial charge in [0.15, 0.2) is 0 Å². The van der Waals surface area contributed by atoms with Crippen molar-refractivity contribution in [3.8, 4) is 5.75 Å². The largest absolute Gasteiger partial charge is 0.492 e. The van der Waals surface area contributed by atoms with Gasteiger partial charge in [-0.05, 0) is 63.2 Å². The normalized spacial score (nSPS) is 23.6. The summed E-state index contributed by atoms with van der Waals surface area (Å²) in [4.78, 5) is 7.20. The predicted octanol–water partition coefficient (Wildman–Crippen LogP) is 2.12. The summed E-state index contributed by atoms with van der Waals surface area (Å²) in [6, 6.07) is 3.81. The minimum atomic E-state index is 0.661. The highest BCUT2D eigenvalue weighted by Gasteiger charge is 2.31. The van der Waals surface area contributed by atoms with E-state index >= 15 is 0 Å². The van der Waals surface area contributed by atoms with Gasteiger partial charge in [-0.3, -0.25) is 4.98 Å². The van der Waals surface area contributed by atoms with Gasteiger partial charge in [-0.2, -0.15) is 0 Å². The number of pyridine rings is 1. The number of piperidine rings is 1. The Kier molecular flexibility index (Phi) is 3.82. The summed E-state index contributed by atoms with van der Waals surface area (Å²) in [6.45, 7) is 4.27. The molecule has 1 aromatic rings. The van der Waals surface area contributed by atoms with Crippen molar-refractivity contribution in [2.75, 3.05) is 19.7 Å². The molecule has 1 saturated carbocycles. The van der Waals surface area contributed by atoms with E-state index in [1.807, 2.05) is 6.20 Å². The lowest BCUT2D eigenvalue weighted by Crippen LogP contribution is -2.43. The lowest BCUT2D eigenvalue weighted by Gasteiger charge is -2.32. The maximum atomic E-state index is 5.62. The molecule has 0 amide bonds. The third kappa shape index (κ3) is 3.22. The first-order chi connectivity index (χ1) is 10.4. The van der Waals surface area contributed by atoms with E-state index in [1.165, 1.54) is 44.3 Å². The van der Waals surface area contributed by atoms with E-state index in [1.54, 1.807) is 0 Å². The summed E-state index contributed by atoms with van der Waals surface area (Å²) < 4.78 is 5.62. The number of aromatic nitrogens is 1. The SMILES string of the molecule is c1c(CNC2CCN(C3CC3)CC2)ncc2c1CCCO2. The van der Waals surface area contributed by atoms with Gasteiger partial charge in [0.1, 0.15) is 5.75 Å². The number of rotatable bonds is 4. The number of likely N-dealkylation sites (tertiary alicyclic amines) is 1. The van der Waals surface area contributed by atoms with Gasteiger partial charge in [-0.1, -0.05) is 0 Å². The average molecular weight is 287 g/mol. The summed E-state index contributed by atoms with van der Waals surface area (Å²) in [7, 11) is 0. The Balaban J connectivity index is 1.28. The van der Waals surface area contributed by atoms with Crippen molar-refractivity contribution < 1.29 is 4.74 Å². The number of nitrogens with one attached hydrogen (secondary N) is 1. The molecule has 1 aliphatic carbocycles. The molecule has 2 fully saturated rings. The van der Waals surface area contributed by atoms with Gasteiger partial charge in [0.2, 0.25) is 0 Å². The van der Waals surface area contributed by atoms with Crippen molar-refractivity contribution in [2.45, 2.75) is 57.2 Å². The Hall–Kier alpha value is -1.13. The molecule has 0 radical (unpaired) electrons. The first kappa shape index (κ1) is 13.5. The van der Waals surface area contributed by atoms with Crippen LogP contribution in [0.2, 0.25) is 0 Å². The minimum Gasteiger partial charge on any atom is -0.492 e. The molecule has 0 atom stereocenters. The van der Waals surface area contributed by atoms with Gasteiger partial charge in [-0.25, -0.2) is 0 Å². The molecule has 0 spiro atoms. The van der Waals surface area contributed by atoms with E-state index < -0.39 is 0 Å². The van der Waals surface area contributed by atoms with Crippen LogP contribution in [0.1, 0.15) is 43.4 Å². The zero-order valence-electron chi connectivity index (χ0n) is 12.7. The van der Waals surface area contributed by atoms with Crippen molar-refractivity contribution in [1.29, 1.82) is 0 Å². The number of hydrogen-bond acceptors (Lipinski definition) is 4. The summed E-state index contributed by atoms with van der Waals surface area (Å²) in [5.41, 5.74) is 2.49. The third-order valence-corrected chi connectivity index (χ3v) is 5.02. The van der Waals surface area contributed by atoms with Gasteiger partial charge in [-0.15, -0.1) is 0 Å². The lowest BCUT2D eigenvalue weighted by atomic mass is 10.0. The molecule has 3 heterocycles. The Morgan fingerprint density at radius 2 is 2.10 bits per heavy atom. The maximum absolute atomic E-state index is 5.62. The maximum Gasteiger partial charge on any atom is 0.140 e. The van der Waals surface area contributed by atoms with Gasteiger partial charge in [0.25, 0.3) is 0 Å². The molecular weight excluding hydrogens is 262 g/mol. The zero-order valence-corrected chi connectivity index (χ0v) is 12.7. The fourth-order valence-electron chi connectivity index (χ4n) is 3.56. The molecule has 1 aromatic heterocycles. The van der Waals surface area contributed by atoms with Gasteiger partial charge in [0.05, 0.1) is 18.5 Å². The quantitative estimate of drug-likeness (QED) is 0.920. The van der Waals surface area contributed by atoms with Crippen LogP contribution in [0.15, 0.2) is 12.3 Å². The van der Waals surface area contributed by atoms with Crippen LogP contribution < -0.4 is 10.1 Å². The Morgan fingerprint density at radius 1 is 1.24 bits per heavy atom. The Labute approximate surface area is 126 Å². The van der Waals surface area contributed by atoms with Gasteiger partial charge in [0, 0.05) is 18.6 Å². The second-order valence-corrected chi connectivity index (χ2v) is 6.66. The first-order valence-corrected chi connectivity index (χ1v) is 8.46. The van der Waals surface area contributed by atoms with Crippen LogP contribution in [-0.2, 0) is 13.0 Å². The second kappa shape index (κ2) is 5.93. The fraction of sp³-hybridized carbons (Fsp3) is 0.706. The third-order valence-electron chi connectivity index (χ3n) is 5.02. The van der Waals surface area contributed by atoms with Crippen molar-refractivity contribution in [2.24, 2.45) is 0 Å². The number of hydrogen-bond donors (Lipinski definition) is 1. The second-order valence-electron chi connectivity index (χ2n) is 6.66. The molecule has 0 aromatic carbocycles. The fourth-order valence-corrected chi connectivity index (χ4v) is 3.56. The van der Waals surface area contributed by atoms with Crippen LogP contribution >= 0.6 is 0 Å². The molecule has 3 aliphatic rings.